The van der Waals surface area contributed by atoms with Crippen LogP contribution in [0.3, 0.4) is 0 Å². The number of rotatable bonds is 1. The lowest BCUT2D eigenvalue weighted by atomic mass is 10.1. The van der Waals surface area contributed by atoms with Crippen LogP contribution >= 0.6 is 0 Å². The molecule has 0 amide bonds. The molecule has 4 heteroatoms. The SMILES string of the molecule is CO[C@@H]1COC(O)[C@H](O)C1. The van der Waals surface area contributed by atoms with E-state index in [-0.39, 0.29) is 6.10 Å². The van der Waals surface area contributed by atoms with Crippen LogP contribution in [0.25, 0.3) is 0 Å². The monoisotopic (exact) mass is 148 g/mol. The fourth-order valence-corrected chi connectivity index (χ4v) is 0.935. The molecule has 0 aromatic heterocycles. The molecule has 0 aromatic carbocycles. The Morgan fingerprint density at radius 2 is 2.20 bits per heavy atom. The van der Waals surface area contributed by atoms with Gasteiger partial charge in [-0.05, 0) is 0 Å². The van der Waals surface area contributed by atoms with Crippen LogP contribution in [-0.2, 0) is 9.47 Å². The summed E-state index contributed by atoms with van der Waals surface area (Å²) < 4.78 is 9.69. The third-order valence-corrected chi connectivity index (χ3v) is 1.62. The minimum Gasteiger partial charge on any atom is -0.388 e. The molecule has 0 radical (unpaired) electrons. The maximum Gasteiger partial charge on any atom is 0.181 e. The highest BCUT2D eigenvalue weighted by molar-refractivity contribution is 4.71. The summed E-state index contributed by atoms with van der Waals surface area (Å²) in [6.07, 6.45) is -1.49. The highest BCUT2D eigenvalue weighted by Crippen LogP contribution is 2.13. The van der Waals surface area contributed by atoms with E-state index in [4.69, 9.17) is 19.7 Å². The summed E-state index contributed by atoms with van der Waals surface area (Å²) in [4.78, 5) is 0. The third-order valence-electron chi connectivity index (χ3n) is 1.62. The molecule has 1 fully saturated rings. The van der Waals surface area contributed by atoms with Gasteiger partial charge in [0.25, 0.3) is 0 Å². The lowest BCUT2D eigenvalue weighted by Crippen LogP contribution is -2.41. The largest absolute Gasteiger partial charge is 0.388 e. The fraction of sp³-hybridized carbons (Fsp3) is 1.00. The zero-order chi connectivity index (χ0) is 7.56. The topological polar surface area (TPSA) is 58.9 Å². The summed E-state index contributed by atoms with van der Waals surface area (Å²) in [6.45, 7) is 0.356. The first-order valence-electron chi connectivity index (χ1n) is 3.24. The Kier molecular flexibility index (Phi) is 2.62. The molecule has 0 bridgehead atoms. The maximum atomic E-state index is 9.02. The van der Waals surface area contributed by atoms with E-state index in [1.807, 2.05) is 0 Å². The molecule has 3 atom stereocenters. The molecule has 0 saturated carbocycles. The van der Waals surface area contributed by atoms with Crippen LogP contribution in [0, 0.1) is 0 Å². The molecular formula is C6H12O4. The molecule has 60 valence electrons. The standard InChI is InChI=1S/C6H12O4/c1-9-4-2-5(7)6(8)10-3-4/h4-8H,2-3H2,1H3/t4-,5+,6?/m0/s1. The first kappa shape index (κ1) is 7.94. The fourth-order valence-electron chi connectivity index (χ4n) is 0.935. The van der Waals surface area contributed by atoms with Gasteiger partial charge < -0.3 is 19.7 Å². The second kappa shape index (κ2) is 3.30. The van der Waals surface area contributed by atoms with Gasteiger partial charge in [0.15, 0.2) is 6.29 Å². The molecule has 1 unspecified atom stereocenters. The van der Waals surface area contributed by atoms with Crippen molar-refractivity contribution in [1.29, 1.82) is 0 Å². The van der Waals surface area contributed by atoms with Crippen LogP contribution in [-0.4, -0.2) is 42.4 Å². The van der Waals surface area contributed by atoms with E-state index in [1.165, 1.54) is 0 Å². The van der Waals surface area contributed by atoms with Gasteiger partial charge in [-0.25, -0.2) is 0 Å². The molecule has 1 rings (SSSR count). The smallest absolute Gasteiger partial charge is 0.181 e. The van der Waals surface area contributed by atoms with Crippen molar-refractivity contribution in [2.45, 2.75) is 24.9 Å². The Morgan fingerprint density at radius 3 is 2.70 bits per heavy atom. The molecule has 1 aliphatic heterocycles. The van der Waals surface area contributed by atoms with E-state index in [0.29, 0.717) is 13.0 Å². The van der Waals surface area contributed by atoms with Crippen molar-refractivity contribution >= 4 is 0 Å². The van der Waals surface area contributed by atoms with Gasteiger partial charge >= 0.3 is 0 Å². The number of methoxy groups -OCH3 is 1. The lowest BCUT2D eigenvalue weighted by molar-refractivity contribution is -0.215. The van der Waals surface area contributed by atoms with Crippen LogP contribution < -0.4 is 0 Å². The van der Waals surface area contributed by atoms with Gasteiger partial charge in [0.1, 0.15) is 6.10 Å². The molecule has 1 saturated heterocycles. The van der Waals surface area contributed by atoms with Gasteiger partial charge in [-0.3, -0.25) is 0 Å². The van der Waals surface area contributed by atoms with E-state index in [1.54, 1.807) is 7.11 Å². The summed E-state index contributed by atoms with van der Waals surface area (Å²) in [5.41, 5.74) is 0. The Hall–Kier alpha value is -0.160. The predicted octanol–water partition coefficient (Wildman–Crippen LogP) is -0.899. The van der Waals surface area contributed by atoms with E-state index in [0.717, 1.165) is 0 Å². The molecule has 4 nitrogen and oxygen atoms in total. The lowest BCUT2D eigenvalue weighted by Gasteiger charge is -2.28. The highest BCUT2D eigenvalue weighted by Gasteiger charge is 2.27. The molecular weight excluding hydrogens is 136 g/mol. The Bertz CT molecular complexity index is 106. The van der Waals surface area contributed by atoms with Crippen molar-refractivity contribution in [3.63, 3.8) is 0 Å². The zero-order valence-corrected chi connectivity index (χ0v) is 5.86. The van der Waals surface area contributed by atoms with Crippen LogP contribution in [0.4, 0.5) is 0 Å². The number of hydrogen-bond acceptors (Lipinski definition) is 4. The Labute approximate surface area is 59.4 Å². The van der Waals surface area contributed by atoms with Gasteiger partial charge in [-0.2, -0.15) is 0 Å². The second-order valence-electron chi connectivity index (χ2n) is 2.38. The number of aliphatic hydroxyl groups is 2. The summed E-state index contributed by atoms with van der Waals surface area (Å²) in [5.74, 6) is 0. The van der Waals surface area contributed by atoms with E-state index in [9.17, 15) is 0 Å². The van der Waals surface area contributed by atoms with Crippen molar-refractivity contribution in [2.75, 3.05) is 13.7 Å². The molecule has 1 aliphatic rings. The minimum atomic E-state index is -1.04. The van der Waals surface area contributed by atoms with Crippen molar-refractivity contribution in [1.82, 2.24) is 0 Å². The van der Waals surface area contributed by atoms with Crippen LogP contribution in [0.2, 0.25) is 0 Å². The summed E-state index contributed by atoms with van der Waals surface area (Å²) in [5, 5.41) is 17.9. The van der Waals surface area contributed by atoms with Crippen LogP contribution in [0.15, 0.2) is 0 Å². The zero-order valence-electron chi connectivity index (χ0n) is 5.86. The van der Waals surface area contributed by atoms with E-state index < -0.39 is 12.4 Å². The molecule has 10 heavy (non-hydrogen) atoms. The van der Waals surface area contributed by atoms with Gasteiger partial charge in [0.05, 0.1) is 12.7 Å². The quantitative estimate of drug-likeness (QED) is 0.506. The number of ether oxygens (including phenoxy) is 2. The maximum absolute atomic E-state index is 9.02. The van der Waals surface area contributed by atoms with Gasteiger partial charge in [0, 0.05) is 13.5 Å². The minimum absolute atomic E-state index is 0.0848. The molecule has 0 aromatic rings. The highest BCUT2D eigenvalue weighted by atomic mass is 16.6. The van der Waals surface area contributed by atoms with Gasteiger partial charge in [0.2, 0.25) is 0 Å². The van der Waals surface area contributed by atoms with Crippen LogP contribution in [0.1, 0.15) is 6.42 Å². The average molecular weight is 148 g/mol. The first-order valence-corrected chi connectivity index (χ1v) is 3.24. The van der Waals surface area contributed by atoms with Crippen LogP contribution in [0.5, 0.6) is 0 Å². The Morgan fingerprint density at radius 1 is 1.50 bits per heavy atom. The van der Waals surface area contributed by atoms with E-state index >= 15 is 0 Å². The normalized spacial score (nSPS) is 41.7. The Balaban J connectivity index is 2.33. The molecule has 0 spiro atoms. The first-order chi connectivity index (χ1) is 4.74. The second-order valence-corrected chi connectivity index (χ2v) is 2.38. The van der Waals surface area contributed by atoms with Crippen molar-refractivity contribution in [2.24, 2.45) is 0 Å². The summed E-state index contributed by atoms with van der Waals surface area (Å²) in [6, 6.07) is 0. The molecule has 1 heterocycles. The molecule has 0 aliphatic carbocycles. The third kappa shape index (κ3) is 1.67. The number of aliphatic hydroxyl groups excluding tert-OH is 2. The van der Waals surface area contributed by atoms with Crippen molar-refractivity contribution in [3.8, 4) is 0 Å². The average Bonchev–Trinajstić information content (AvgIpc) is 1.95. The van der Waals surface area contributed by atoms with Gasteiger partial charge in [-0.15, -0.1) is 0 Å². The van der Waals surface area contributed by atoms with Crippen molar-refractivity contribution < 1.29 is 19.7 Å². The molecule has 2 N–H and O–H groups in total. The summed E-state index contributed by atoms with van der Waals surface area (Å²) in [7, 11) is 1.55. The van der Waals surface area contributed by atoms with Gasteiger partial charge in [-0.1, -0.05) is 0 Å². The van der Waals surface area contributed by atoms with Crippen molar-refractivity contribution in [3.05, 3.63) is 0 Å². The summed E-state index contributed by atoms with van der Waals surface area (Å²) >= 11 is 0. The number of hydrogen-bond donors (Lipinski definition) is 2. The van der Waals surface area contributed by atoms with E-state index in [2.05, 4.69) is 0 Å². The predicted molar refractivity (Wildman–Crippen MR) is 33.4 cm³/mol.